The van der Waals surface area contributed by atoms with E-state index in [1.165, 1.54) is 0 Å². The highest BCUT2D eigenvalue weighted by Crippen LogP contribution is 2.35. The molecule has 1 heterocycles. The Morgan fingerprint density at radius 3 is 2.55 bits per heavy atom. The van der Waals surface area contributed by atoms with Crippen molar-refractivity contribution in [1.29, 1.82) is 0 Å². The number of benzene rings is 1. The molecule has 0 aromatic heterocycles. The van der Waals surface area contributed by atoms with Gasteiger partial charge >= 0.3 is 0 Å². The van der Waals surface area contributed by atoms with Crippen molar-refractivity contribution in [3.05, 3.63) is 34.3 Å². The molecule has 1 aliphatic heterocycles. The van der Waals surface area contributed by atoms with Crippen LogP contribution in [0.5, 0.6) is 0 Å². The highest BCUT2D eigenvalue weighted by Gasteiger charge is 2.50. The summed E-state index contributed by atoms with van der Waals surface area (Å²) < 4.78 is 0. The van der Waals surface area contributed by atoms with E-state index in [1.54, 1.807) is 18.2 Å². The lowest BCUT2D eigenvalue weighted by Crippen LogP contribution is -2.44. The molecule has 1 aromatic carbocycles. The van der Waals surface area contributed by atoms with Gasteiger partial charge in [0.2, 0.25) is 5.91 Å². The Morgan fingerprint density at radius 1 is 1.35 bits per heavy atom. The third-order valence-electron chi connectivity index (χ3n) is 3.83. The Morgan fingerprint density at radius 2 is 2.00 bits per heavy atom. The fourth-order valence-corrected chi connectivity index (χ4v) is 3.28. The number of halogens is 1. The Bertz CT molecular complexity index is 568. The molecule has 0 saturated carbocycles. The summed E-state index contributed by atoms with van der Waals surface area (Å²) >= 11 is 5.94. The van der Waals surface area contributed by atoms with Gasteiger partial charge < -0.3 is 5.32 Å². The molecule has 1 N–H and O–H groups in total. The van der Waals surface area contributed by atoms with Crippen molar-refractivity contribution >= 4 is 23.3 Å². The van der Waals surface area contributed by atoms with Crippen molar-refractivity contribution in [2.24, 2.45) is 5.92 Å². The SMILES string of the molecule is Cc1cc(Cl)ccc1C1C(=O)NC(C)(CC(C)C)C1=O. The number of nitrogens with one attached hydrogen (secondary N) is 1. The Labute approximate surface area is 124 Å². The molecule has 1 fully saturated rings. The Balaban J connectivity index is 2.38. The summed E-state index contributed by atoms with van der Waals surface area (Å²) in [7, 11) is 0. The first-order valence-corrected chi connectivity index (χ1v) is 7.25. The average molecular weight is 294 g/mol. The van der Waals surface area contributed by atoms with E-state index in [-0.39, 0.29) is 11.7 Å². The average Bonchev–Trinajstić information content (AvgIpc) is 2.50. The molecule has 1 aliphatic rings. The van der Waals surface area contributed by atoms with E-state index in [9.17, 15) is 9.59 Å². The zero-order chi connectivity index (χ0) is 15.1. The van der Waals surface area contributed by atoms with Crippen LogP contribution < -0.4 is 5.32 Å². The molecule has 2 unspecified atom stereocenters. The van der Waals surface area contributed by atoms with Crippen LogP contribution in [0.4, 0.5) is 0 Å². The van der Waals surface area contributed by atoms with E-state index in [1.807, 2.05) is 27.7 Å². The van der Waals surface area contributed by atoms with E-state index in [0.29, 0.717) is 17.4 Å². The van der Waals surface area contributed by atoms with Gasteiger partial charge in [0.15, 0.2) is 5.78 Å². The monoisotopic (exact) mass is 293 g/mol. The summed E-state index contributed by atoms with van der Waals surface area (Å²) in [4.78, 5) is 24.9. The molecular formula is C16H20ClNO2. The van der Waals surface area contributed by atoms with Gasteiger partial charge in [-0.05, 0) is 49.4 Å². The minimum Gasteiger partial charge on any atom is -0.343 e. The molecule has 2 rings (SSSR count). The first-order chi connectivity index (χ1) is 9.24. The fourth-order valence-electron chi connectivity index (χ4n) is 3.06. The van der Waals surface area contributed by atoms with Crippen LogP contribution in [-0.2, 0) is 9.59 Å². The third-order valence-corrected chi connectivity index (χ3v) is 4.06. The van der Waals surface area contributed by atoms with E-state index in [2.05, 4.69) is 5.32 Å². The number of aryl methyl sites for hydroxylation is 1. The van der Waals surface area contributed by atoms with Crippen LogP contribution in [0.3, 0.4) is 0 Å². The van der Waals surface area contributed by atoms with Gasteiger partial charge in [-0.25, -0.2) is 0 Å². The zero-order valence-electron chi connectivity index (χ0n) is 12.3. The summed E-state index contributed by atoms with van der Waals surface area (Å²) in [6.45, 7) is 7.79. The van der Waals surface area contributed by atoms with E-state index in [4.69, 9.17) is 11.6 Å². The maximum atomic E-state index is 12.7. The van der Waals surface area contributed by atoms with Crippen LogP contribution in [0.1, 0.15) is 44.2 Å². The van der Waals surface area contributed by atoms with Crippen LogP contribution in [-0.4, -0.2) is 17.2 Å². The molecule has 0 aliphatic carbocycles. The van der Waals surface area contributed by atoms with Gasteiger partial charge in [-0.15, -0.1) is 0 Å². The van der Waals surface area contributed by atoms with Crippen molar-refractivity contribution < 1.29 is 9.59 Å². The van der Waals surface area contributed by atoms with Crippen molar-refractivity contribution in [1.82, 2.24) is 5.32 Å². The highest BCUT2D eigenvalue weighted by atomic mass is 35.5. The molecule has 20 heavy (non-hydrogen) atoms. The summed E-state index contributed by atoms with van der Waals surface area (Å²) in [6.07, 6.45) is 0.653. The van der Waals surface area contributed by atoms with E-state index in [0.717, 1.165) is 11.1 Å². The topological polar surface area (TPSA) is 46.2 Å². The largest absolute Gasteiger partial charge is 0.343 e. The quantitative estimate of drug-likeness (QED) is 0.870. The lowest BCUT2D eigenvalue weighted by molar-refractivity contribution is -0.125. The molecule has 0 bridgehead atoms. The molecule has 0 radical (unpaired) electrons. The molecule has 2 atom stereocenters. The van der Waals surface area contributed by atoms with Gasteiger partial charge in [-0.3, -0.25) is 9.59 Å². The molecule has 4 heteroatoms. The lowest BCUT2D eigenvalue weighted by Gasteiger charge is -2.24. The number of carbonyl (C=O) groups is 2. The Hall–Kier alpha value is -1.35. The van der Waals surface area contributed by atoms with E-state index < -0.39 is 11.5 Å². The lowest BCUT2D eigenvalue weighted by atomic mass is 9.82. The van der Waals surface area contributed by atoms with Crippen LogP contribution in [0, 0.1) is 12.8 Å². The number of carbonyl (C=O) groups excluding carboxylic acids is 2. The van der Waals surface area contributed by atoms with Crippen molar-refractivity contribution in [3.8, 4) is 0 Å². The zero-order valence-corrected chi connectivity index (χ0v) is 13.0. The summed E-state index contributed by atoms with van der Waals surface area (Å²) in [5, 5.41) is 3.49. The molecule has 1 saturated heterocycles. The van der Waals surface area contributed by atoms with Crippen molar-refractivity contribution in [2.75, 3.05) is 0 Å². The number of Topliss-reactive ketones (excluding diaryl/α,β-unsaturated/α-hetero) is 1. The first-order valence-electron chi connectivity index (χ1n) is 6.87. The van der Waals surface area contributed by atoms with Gasteiger partial charge in [0.05, 0.1) is 5.54 Å². The number of rotatable bonds is 3. The maximum absolute atomic E-state index is 12.7. The predicted octanol–water partition coefficient (Wildman–Crippen LogP) is 3.24. The minimum absolute atomic E-state index is 0.0402. The van der Waals surface area contributed by atoms with Gasteiger partial charge in [0.25, 0.3) is 0 Å². The number of hydrogen-bond acceptors (Lipinski definition) is 2. The van der Waals surface area contributed by atoms with Crippen LogP contribution in [0.25, 0.3) is 0 Å². The van der Waals surface area contributed by atoms with Crippen LogP contribution in [0.15, 0.2) is 18.2 Å². The second kappa shape index (κ2) is 5.21. The van der Waals surface area contributed by atoms with Crippen molar-refractivity contribution in [3.63, 3.8) is 0 Å². The number of hydrogen-bond donors (Lipinski definition) is 1. The molecular weight excluding hydrogens is 274 g/mol. The third kappa shape index (κ3) is 2.59. The molecule has 108 valence electrons. The van der Waals surface area contributed by atoms with Gasteiger partial charge in [0.1, 0.15) is 5.92 Å². The van der Waals surface area contributed by atoms with Crippen LogP contribution >= 0.6 is 11.6 Å². The Kier molecular flexibility index (Phi) is 3.92. The van der Waals surface area contributed by atoms with Crippen molar-refractivity contribution in [2.45, 2.75) is 45.6 Å². The molecule has 0 spiro atoms. The summed E-state index contributed by atoms with van der Waals surface area (Å²) in [6, 6.07) is 5.29. The maximum Gasteiger partial charge on any atom is 0.235 e. The van der Waals surface area contributed by atoms with Crippen LogP contribution in [0.2, 0.25) is 5.02 Å². The normalized spacial score (nSPS) is 26.2. The molecule has 1 aromatic rings. The fraction of sp³-hybridized carbons (Fsp3) is 0.500. The second-order valence-corrected chi connectivity index (χ2v) is 6.65. The summed E-state index contributed by atoms with van der Waals surface area (Å²) in [5.41, 5.74) is 0.867. The van der Waals surface area contributed by atoms with Gasteiger partial charge in [-0.1, -0.05) is 31.5 Å². The smallest absolute Gasteiger partial charge is 0.235 e. The number of ketones is 1. The predicted molar refractivity (Wildman–Crippen MR) is 79.9 cm³/mol. The molecule has 3 nitrogen and oxygen atoms in total. The highest BCUT2D eigenvalue weighted by molar-refractivity contribution is 6.30. The van der Waals surface area contributed by atoms with E-state index >= 15 is 0 Å². The summed E-state index contributed by atoms with van der Waals surface area (Å²) in [5.74, 6) is -0.615. The van der Waals surface area contributed by atoms with Gasteiger partial charge in [0, 0.05) is 5.02 Å². The second-order valence-electron chi connectivity index (χ2n) is 6.22. The minimum atomic E-state index is -0.762. The first kappa shape index (κ1) is 15.0. The standard InChI is InChI=1S/C16H20ClNO2/c1-9(2)8-16(4)14(19)13(15(20)18-16)12-6-5-11(17)7-10(12)3/h5-7,9,13H,8H2,1-4H3,(H,18,20). The molecule has 1 amide bonds. The number of amides is 1. The van der Waals surface area contributed by atoms with Gasteiger partial charge in [-0.2, -0.15) is 0 Å².